The fourth-order valence-corrected chi connectivity index (χ4v) is 3.43. The van der Waals surface area contributed by atoms with E-state index in [-0.39, 0.29) is 0 Å². The molecule has 0 aliphatic carbocycles. The zero-order valence-electron chi connectivity index (χ0n) is 19.0. The predicted molar refractivity (Wildman–Crippen MR) is 107 cm³/mol. The molecule has 1 heterocycles. The third kappa shape index (κ3) is 8.43. The average molecular weight is 512 g/mol. The molecule has 15 heteroatoms. The van der Waals surface area contributed by atoms with E-state index in [9.17, 15) is 33.9 Å². The first-order valence-electron chi connectivity index (χ1n) is 9.85. The van der Waals surface area contributed by atoms with E-state index in [1.54, 1.807) is 0 Å². The summed E-state index contributed by atoms with van der Waals surface area (Å²) in [5.41, 5.74) is 0. The fourth-order valence-electron chi connectivity index (χ4n) is 3.31. The first-order chi connectivity index (χ1) is 15.7. The molecular weight excluding hydrogens is 486 g/mol. The lowest BCUT2D eigenvalue weighted by Crippen LogP contribution is -2.68. The molecule has 0 radical (unpaired) electrons. The van der Waals surface area contributed by atoms with E-state index in [1.165, 1.54) is 0 Å². The molecule has 2 N–H and O–H groups in total. The lowest BCUT2D eigenvalue weighted by atomic mass is 9.88. The fraction of sp³-hybridized carbons (Fsp3) is 0.684. The van der Waals surface area contributed by atoms with Gasteiger partial charge in [0.25, 0.3) is 5.79 Å². The molecule has 192 valence electrons. The summed E-state index contributed by atoms with van der Waals surface area (Å²) >= 11 is 5.10. The van der Waals surface area contributed by atoms with Gasteiger partial charge in [-0.25, -0.2) is 4.79 Å². The van der Waals surface area contributed by atoms with Gasteiger partial charge in [0.15, 0.2) is 12.2 Å². The van der Waals surface area contributed by atoms with Crippen molar-refractivity contribution in [3.05, 3.63) is 0 Å². The highest BCUT2D eigenvalue weighted by atomic mass is 35.5. The summed E-state index contributed by atoms with van der Waals surface area (Å²) in [5, 5.41) is 13.2. The van der Waals surface area contributed by atoms with Gasteiger partial charge in [0.05, 0.1) is 12.5 Å². The Morgan fingerprint density at radius 3 is 2.03 bits per heavy atom. The molecule has 0 aromatic heterocycles. The van der Waals surface area contributed by atoms with Crippen molar-refractivity contribution in [3.8, 4) is 0 Å². The Hall–Kier alpha value is -2.97. The SMILES string of the molecule is CC(=O)N[C@H]1[C@H]([C@H](OC(C)=O)[C@@H](COC(C)=O)OC(C)=O)O[C@](O)(C(=O)OCl)C[C@@H]1OC(C)=O. The quantitative estimate of drug-likeness (QED) is 0.284. The molecule has 1 aliphatic heterocycles. The Morgan fingerprint density at radius 2 is 1.59 bits per heavy atom. The topological polar surface area (TPSA) is 190 Å². The van der Waals surface area contributed by atoms with Crippen molar-refractivity contribution in [2.45, 2.75) is 77.3 Å². The average Bonchev–Trinajstić information content (AvgIpc) is 2.69. The molecule has 0 aromatic rings. The molecule has 6 atom stereocenters. The van der Waals surface area contributed by atoms with Gasteiger partial charge in [-0.15, -0.1) is 0 Å². The van der Waals surface area contributed by atoms with Gasteiger partial charge >= 0.3 is 29.8 Å². The molecule has 0 aromatic carbocycles. The number of esters is 4. The lowest BCUT2D eigenvalue weighted by molar-refractivity contribution is -0.296. The maximum atomic E-state index is 12.2. The highest BCUT2D eigenvalue weighted by Gasteiger charge is 2.58. The van der Waals surface area contributed by atoms with Crippen molar-refractivity contribution >= 4 is 47.6 Å². The zero-order chi connectivity index (χ0) is 26.2. The molecule has 1 amide bonds. The molecule has 1 saturated heterocycles. The van der Waals surface area contributed by atoms with Crippen LogP contribution < -0.4 is 5.32 Å². The highest BCUT2D eigenvalue weighted by molar-refractivity contribution is 6.14. The number of amides is 1. The van der Waals surface area contributed by atoms with Crippen LogP contribution in [0.15, 0.2) is 0 Å². The second-order valence-corrected chi connectivity index (χ2v) is 7.49. The minimum Gasteiger partial charge on any atom is -0.462 e. The van der Waals surface area contributed by atoms with Crippen molar-refractivity contribution < 1.29 is 61.8 Å². The lowest BCUT2D eigenvalue weighted by Gasteiger charge is -2.46. The third-order valence-corrected chi connectivity index (χ3v) is 4.54. The van der Waals surface area contributed by atoms with Gasteiger partial charge in [-0.2, -0.15) is 0 Å². The molecule has 1 fully saturated rings. The van der Waals surface area contributed by atoms with Crippen molar-refractivity contribution in [1.82, 2.24) is 5.32 Å². The molecule has 0 bridgehead atoms. The molecule has 0 unspecified atom stereocenters. The van der Waals surface area contributed by atoms with Gasteiger partial charge in [0, 0.05) is 34.6 Å². The van der Waals surface area contributed by atoms with Crippen LogP contribution in [0.3, 0.4) is 0 Å². The van der Waals surface area contributed by atoms with Crippen LogP contribution in [0.25, 0.3) is 0 Å². The smallest absolute Gasteiger partial charge is 0.384 e. The summed E-state index contributed by atoms with van der Waals surface area (Å²) in [6, 6.07) is -1.36. The van der Waals surface area contributed by atoms with E-state index >= 15 is 0 Å². The van der Waals surface area contributed by atoms with Crippen LogP contribution in [-0.4, -0.2) is 83.7 Å². The van der Waals surface area contributed by atoms with Crippen LogP contribution in [-0.2, 0) is 56.7 Å². The van der Waals surface area contributed by atoms with Crippen LogP contribution in [0.2, 0.25) is 0 Å². The largest absolute Gasteiger partial charge is 0.462 e. The van der Waals surface area contributed by atoms with Crippen molar-refractivity contribution in [3.63, 3.8) is 0 Å². The van der Waals surface area contributed by atoms with E-state index in [0.717, 1.165) is 34.6 Å². The number of aliphatic hydroxyl groups is 1. The van der Waals surface area contributed by atoms with Crippen molar-refractivity contribution in [2.75, 3.05) is 6.61 Å². The second kappa shape index (κ2) is 12.5. The predicted octanol–water partition coefficient (Wildman–Crippen LogP) is -0.976. The molecule has 1 rings (SSSR count). The minimum absolute atomic E-state index is 0.643. The molecule has 14 nitrogen and oxygen atoms in total. The molecule has 1 aliphatic rings. The van der Waals surface area contributed by atoms with E-state index in [4.69, 9.17) is 35.6 Å². The number of carbonyl (C=O) groups excluding carboxylic acids is 6. The van der Waals surface area contributed by atoms with Gasteiger partial charge in [0.2, 0.25) is 5.91 Å². The number of halogens is 1. The van der Waals surface area contributed by atoms with Crippen LogP contribution in [0.4, 0.5) is 0 Å². The number of hydrogen-bond acceptors (Lipinski definition) is 13. The maximum absolute atomic E-state index is 12.2. The van der Waals surface area contributed by atoms with Crippen LogP contribution in [0, 0.1) is 0 Å². The highest BCUT2D eigenvalue weighted by Crippen LogP contribution is 2.34. The summed E-state index contributed by atoms with van der Waals surface area (Å²) in [5.74, 6) is -8.47. The second-order valence-electron chi connectivity index (χ2n) is 7.33. The molecular formula is C19H26ClNO13. The monoisotopic (exact) mass is 511 g/mol. The van der Waals surface area contributed by atoms with Gasteiger partial charge in [0.1, 0.15) is 30.7 Å². The summed E-state index contributed by atoms with van der Waals surface area (Å²) in [6.45, 7) is 4.56. The Balaban J connectivity index is 3.64. The standard InChI is InChI=1S/C19H26ClNO13/c1-8(22)21-15-13(30-10(3)24)6-19(28,18(27)34-20)33-17(15)16(32-12(5)26)14(31-11(4)25)7-29-9(2)23/h13-17,28H,6-7H2,1-5H3,(H,21,22)/t13-,14+,15+,16+,17+,19-/m0/s1. The Labute approximate surface area is 199 Å². The first-order valence-corrected chi connectivity index (χ1v) is 10.2. The van der Waals surface area contributed by atoms with Gasteiger partial charge in [-0.05, 0) is 0 Å². The van der Waals surface area contributed by atoms with Crippen molar-refractivity contribution in [1.29, 1.82) is 0 Å². The number of nitrogens with one attached hydrogen (secondary N) is 1. The van der Waals surface area contributed by atoms with E-state index < -0.39 is 85.0 Å². The minimum atomic E-state index is -2.85. The Kier molecular flexibility index (Phi) is 10.7. The van der Waals surface area contributed by atoms with Gasteiger partial charge in [-0.3, -0.25) is 24.0 Å². The first kappa shape index (κ1) is 29.1. The summed E-state index contributed by atoms with van der Waals surface area (Å²) in [6.07, 6.45) is -7.14. The Morgan fingerprint density at radius 1 is 1.00 bits per heavy atom. The van der Waals surface area contributed by atoms with E-state index in [1.807, 2.05) is 0 Å². The van der Waals surface area contributed by atoms with Crippen LogP contribution in [0.1, 0.15) is 41.0 Å². The molecule has 0 spiro atoms. The number of rotatable bonds is 9. The van der Waals surface area contributed by atoms with Crippen LogP contribution in [0.5, 0.6) is 0 Å². The third-order valence-electron chi connectivity index (χ3n) is 4.40. The van der Waals surface area contributed by atoms with E-state index in [0.29, 0.717) is 0 Å². The Bertz CT molecular complexity index is 818. The van der Waals surface area contributed by atoms with Crippen LogP contribution >= 0.6 is 11.9 Å². The molecule has 0 saturated carbocycles. The molecule has 34 heavy (non-hydrogen) atoms. The zero-order valence-corrected chi connectivity index (χ0v) is 19.8. The summed E-state index contributed by atoms with van der Waals surface area (Å²) in [7, 11) is 0. The van der Waals surface area contributed by atoms with E-state index in [2.05, 4.69) is 9.61 Å². The summed E-state index contributed by atoms with van der Waals surface area (Å²) < 4.78 is 29.9. The summed E-state index contributed by atoms with van der Waals surface area (Å²) in [4.78, 5) is 70.7. The normalized spacial score (nSPS) is 25.7. The number of ether oxygens (including phenoxy) is 5. The van der Waals surface area contributed by atoms with Gasteiger partial charge < -0.3 is 38.4 Å². The van der Waals surface area contributed by atoms with Gasteiger partial charge in [-0.1, -0.05) is 0 Å². The number of carbonyl (C=O) groups is 6. The van der Waals surface area contributed by atoms with Crippen molar-refractivity contribution in [2.24, 2.45) is 0 Å². The number of hydrogen-bond donors (Lipinski definition) is 2. The maximum Gasteiger partial charge on any atom is 0.384 e.